The lowest BCUT2D eigenvalue weighted by molar-refractivity contribution is -0.150. The molecule has 7 heteroatoms. The van der Waals surface area contributed by atoms with Gasteiger partial charge in [0.15, 0.2) is 0 Å². The highest BCUT2D eigenvalue weighted by atomic mass is 16.5. The molecular weight excluding hydrogens is 314 g/mol. The lowest BCUT2D eigenvalue weighted by Crippen LogP contribution is -2.52. The summed E-state index contributed by atoms with van der Waals surface area (Å²) in [6.45, 7) is 1.41. The molecule has 2 unspecified atom stereocenters. The van der Waals surface area contributed by atoms with Crippen LogP contribution in [0.1, 0.15) is 12.0 Å². The molecule has 1 aromatic rings. The number of amides is 1. The molecule has 0 aliphatic carbocycles. The van der Waals surface area contributed by atoms with E-state index in [1.54, 1.807) is 12.0 Å². The van der Waals surface area contributed by atoms with E-state index in [2.05, 4.69) is 0 Å². The van der Waals surface area contributed by atoms with Crippen LogP contribution < -0.4 is 9.47 Å². The van der Waals surface area contributed by atoms with Crippen molar-refractivity contribution in [3.05, 3.63) is 23.8 Å². The standard InChI is InChI=1S/C17H21NO6/c1-22-14-2-3-15-11(7-14)6-12(9-24-15)17(21)18-4-5-23-10-13(18)8-16(19)20/h2-3,7,12-13H,4-6,8-10H2,1H3,(H,19,20). The van der Waals surface area contributed by atoms with Gasteiger partial charge in [-0.2, -0.15) is 0 Å². The summed E-state index contributed by atoms with van der Waals surface area (Å²) in [6.07, 6.45) is 0.451. The molecule has 1 aromatic carbocycles. The van der Waals surface area contributed by atoms with E-state index < -0.39 is 12.0 Å². The summed E-state index contributed by atoms with van der Waals surface area (Å²) in [4.78, 5) is 25.5. The summed E-state index contributed by atoms with van der Waals surface area (Å²) in [5.41, 5.74) is 0.932. The van der Waals surface area contributed by atoms with Crippen LogP contribution in [0.25, 0.3) is 0 Å². The molecule has 2 aliphatic rings. The SMILES string of the molecule is COc1ccc2c(c1)CC(C(=O)N1CCOCC1CC(=O)O)CO2. The van der Waals surface area contributed by atoms with E-state index in [1.807, 2.05) is 18.2 Å². The quantitative estimate of drug-likeness (QED) is 0.882. The number of hydrogen-bond donors (Lipinski definition) is 1. The first-order chi connectivity index (χ1) is 11.6. The number of ether oxygens (including phenoxy) is 3. The largest absolute Gasteiger partial charge is 0.497 e. The molecule has 1 N–H and O–H groups in total. The van der Waals surface area contributed by atoms with E-state index >= 15 is 0 Å². The second-order valence-corrected chi connectivity index (χ2v) is 6.04. The Kier molecular flexibility index (Phi) is 4.89. The van der Waals surface area contributed by atoms with Crippen LogP contribution in [0.5, 0.6) is 11.5 Å². The predicted octanol–water partition coefficient (Wildman–Crippen LogP) is 0.948. The predicted molar refractivity (Wildman–Crippen MR) is 84.3 cm³/mol. The number of benzene rings is 1. The molecule has 0 radical (unpaired) electrons. The highest BCUT2D eigenvalue weighted by Crippen LogP contribution is 2.31. The van der Waals surface area contributed by atoms with Crippen molar-refractivity contribution >= 4 is 11.9 Å². The Morgan fingerprint density at radius 2 is 2.21 bits per heavy atom. The van der Waals surface area contributed by atoms with E-state index in [9.17, 15) is 9.59 Å². The van der Waals surface area contributed by atoms with Crippen LogP contribution >= 0.6 is 0 Å². The van der Waals surface area contributed by atoms with Gasteiger partial charge in [-0.3, -0.25) is 9.59 Å². The smallest absolute Gasteiger partial charge is 0.305 e. The van der Waals surface area contributed by atoms with Gasteiger partial charge in [-0.25, -0.2) is 0 Å². The van der Waals surface area contributed by atoms with Crippen molar-refractivity contribution in [1.82, 2.24) is 4.90 Å². The third kappa shape index (κ3) is 3.46. The molecular formula is C17H21NO6. The highest BCUT2D eigenvalue weighted by molar-refractivity contribution is 5.81. The van der Waals surface area contributed by atoms with Crippen LogP contribution in [0, 0.1) is 5.92 Å². The van der Waals surface area contributed by atoms with Gasteiger partial charge in [0, 0.05) is 6.54 Å². The minimum atomic E-state index is -0.932. The topological polar surface area (TPSA) is 85.3 Å². The van der Waals surface area contributed by atoms with Crippen molar-refractivity contribution in [3.63, 3.8) is 0 Å². The Morgan fingerprint density at radius 1 is 1.38 bits per heavy atom. The summed E-state index contributed by atoms with van der Waals surface area (Å²) in [5.74, 6) is 0.166. The Bertz CT molecular complexity index is 632. The van der Waals surface area contributed by atoms with Crippen LogP contribution in [0.15, 0.2) is 18.2 Å². The monoisotopic (exact) mass is 335 g/mol. The second-order valence-electron chi connectivity index (χ2n) is 6.04. The second kappa shape index (κ2) is 7.09. The molecule has 0 aromatic heterocycles. The van der Waals surface area contributed by atoms with Gasteiger partial charge < -0.3 is 24.2 Å². The fourth-order valence-electron chi connectivity index (χ4n) is 3.21. The maximum atomic E-state index is 12.9. The molecule has 2 heterocycles. The fourth-order valence-corrected chi connectivity index (χ4v) is 3.21. The van der Waals surface area contributed by atoms with Crippen LogP contribution in [-0.4, -0.2) is 61.4 Å². The summed E-state index contributed by atoms with van der Waals surface area (Å²) in [7, 11) is 1.60. The van der Waals surface area contributed by atoms with Crippen molar-refractivity contribution in [2.24, 2.45) is 5.92 Å². The zero-order chi connectivity index (χ0) is 17.1. The van der Waals surface area contributed by atoms with Crippen LogP contribution in [0.3, 0.4) is 0 Å². The van der Waals surface area contributed by atoms with Crippen LogP contribution in [0.4, 0.5) is 0 Å². The Morgan fingerprint density at radius 3 is 2.96 bits per heavy atom. The average Bonchev–Trinajstić information content (AvgIpc) is 2.60. The number of fused-ring (bicyclic) bond motifs is 1. The molecule has 0 saturated carbocycles. The first kappa shape index (κ1) is 16.6. The van der Waals surface area contributed by atoms with Gasteiger partial charge in [0.2, 0.25) is 5.91 Å². The Hall–Kier alpha value is -2.28. The third-order valence-electron chi connectivity index (χ3n) is 4.44. The van der Waals surface area contributed by atoms with Crippen molar-refractivity contribution in [2.75, 3.05) is 33.5 Å². The number of morpholine rings is 1. The first-order valence-corrected chi connectivity index (χ1v) is 7.98. The van der Waals surface area contributed by atoms with E-state index in [-0.39, 0.29) is 24.9 Å². The average molecular weight is 335 g/mol. The van der Waals surface area contributed by atoms with Gasteiger partial charge in [-0.1, -0.05) is 0 Å². The molecule has 3 rings (SSSR count). The summed E-state index contributed by atoms with van der Waals surface area (Å²) in [6, 6.07) is 5.13. The zero-order valence-electron chi connectivity index (χ0n) is 13.6. The van der Waals surface area contributed by atoms with Crippen molar-refractivity contribution in [3.8, 4) is 11.5 Å². The first-order valence-electron chi connectivity index (χ1n) is 7.98. The van der Waals surface area contributed by atoms with Crippen LogP contribution in [-0.2, 0) is 20.7 Å². The Balaban J connectivity index is 1.73. The van der Waals surface area contributed by atoms with E-state index in [0.29, 0.717) is 26.2 Å². The minimum Gasteiger partial charge on any atom is -0.497 e. The van der Waals surface area contributed by atoms with Crippen molar-refractivity contribution in [1.29, 1.82) is 0 Å². The number of methoxy groups -OCH3 is 1. The molecule has 1 saturated heterocycles. The van der Waals surface area contributed by atoms with E-state index in [4.69, 9.17) is 19.3 Å². The van der Waals surface area contributed by atoms with Gasteiger partial charge in [-0.05, 0) is 30.2 Å². The van der Waals surface area contributed by atoms with E-state index in [1.165, 1.54) is 0 Å². The summed E-state index contributed by atoms with van der Waals surface area (Å²) in [5, 5.41) is 9.03. The van der Waals surface area contributed by atoms with Gasteiger partial charge in [0.05, 0.1) is 38.7 Å². The lowest BCUT2D eigenvalue weighted by Gasteiger charge is -2.38. The van der Waals surface area contributed by atoms with Crippen molar-refractivity contribution < 1.29 is 28.9 Å². The summed E-state index contributed by atoms with van der Waals surface area (Å²) < 4.78 is 16.3. The number of carboxylic acids is 1. The number of carboxylic acid groups (broad SMARTS) is 1. The molecule has 0 spiro atoms. The van der Waals surface area contributed by atoms with E-state index in [0.717, 1.165) is 17.1 Å². The van der Waals surface area contributed by atoms with Gasteiger partial charge in [-0.15, -0.1) is 0 Å². The van der Waals surface area contributed by atoms with Crippen LogP contribution in [0.2, 0.25) is 0 Å². The van der Waals surface area contributed by atoms with Gasteiger partial charge in [0.1, 0.15) is 18.1 Å². The number of aliphatic carboxylic acids is 1. The normalized spacial score (nSPS) is 23.1. The molecule has 1 fully saturated rings. The zero-order valence-corrected chi connectivity index (χ0v) is 13.6. The molecule has 2 aliphatic heterocycles. The molecule has 24 heavy (non-hydrogen) atoms. The number of carbonyl (C=O) groups excluding carboxylic acids is 1. The maximum Gasteiger partial charge on any atom is 0.305 e. The lowest BCUT2D eigenvalue weighted by atomic mass is 9.94. The van der Waals surface area contributed by atoms with Crippen molar-refractivity contribution in [2.45, 2.75) is 18.9 Å². The van der Waals surface area contributed by atoms with Gasteiger partial charge in [0.25, 0.3) is 0 Å². The molecule has 2 atom stereocenters. The number of rotatable bonds is 4. The minimum absolute atomic E-state index is 0.0713. The maximum absolute atomic E-state index is 12.9. The molecule has 7 nitrogen and oxygen atoms in total. The number of carbonyl (C=O) groups is 2. The number of nitrogens with zero attached hydrogens (tertiary/aromatic N) is 1. The highest BCUT2D eigenvalue weighted by Gasteiger charge is 2.35. The summed E-state index contributed by atoms with van der Waals surface area (Å²) >= 11 is 0. The molecule has 1 amide bonds. The fraction of sp³-hybridized carbons (Fsp3) is 0.529. The molecule has 130 valence electrons. The van der Waals surface area contributed by atoms with Gasteiger partial charge >= 0.3 is 5.97 Å². The third-order valence-corrected chi connectivity index (χ3v) is 4.44. The molecule has 0 bridgehead atoms. The number of hydrogen-bond acceptors (Lipinski definition) is 5. The Labute approximate surface area is 140 Å².